The summed E-state index contributed by atoms with van der Waals surface area (Å²) in [6.07, 6.45) is 5.19. The lowest BCUT2D eigenvalue weighted by Gasteiger charge is -2.31. The summed E-state index contributed by atoms with van der Waals surface area (Å²) in [5, 5.41) is 10.4. The highest BCUT2D eigenvalue weighted by Gasteiger charge is 2.44. The number of aryl methyl sites for hydroxylation is 1. The molecule has 2 aromatic rings. The third-order valence-electron chi connectivity index (χ3n) is 6.48. The fourth-order valence-electron chi connectivity index (χ4n) is 4.70. The predicted octanol–water partition coefficient (Wildman–Crippen LogP) is 7.06. The zero-order chi connectivity index (χ0) is 24.9. The molecule has 1 aromatic heterocycles. The van der Waals surface area contributed by atoms with Gasteiger partial charge in [-0.3, -0.25) is 9.59 Å². The van der Waals surface area contributed by atoms with E-state index in [1.54, 1.807) is 13.0 Å². The number of nitrogens with zero attached hydrogens (tertiary/aromatic N) is 1. The second-order valence-corrected chi connectivity index (χ2v) is 10.0. The van der Waals surface area contributed by atoms with Crippen molar-refractivity contribution in [1.82, 2.24) is 4.57 Å². The average Bonchev–Trinajstić information content (AvgIpc) is 2.98. The summed E-state index contributed by atoms with van der Waals surface area (Å²) in [6.45, 7) is 1.78. The Morgan fingerprint density at radius 1 is 1.21 bits per heavy atom. The Labute approximate surface area is 204 Å². The van der Waals surface area contributed by atoms with Gasteiger partial charge in [0.1, 0.15) is 0 Å². The number of halogens is 3. The number of carbonyl (C=O) groups is 2. The van der Waals surface area contributed by atoms with Crippen molar-refractivity contribution in [2.75, 3.05) is 0 Å². The van der Waals surface area contributed by atoms with Gasteiger partial charge in [0.2, 0.25) is 0 Å². The van der Waals surface area contributed by atoms with Crippen molar-refractivity contribution in [1.29, 1.82) is 0 Å². The number of hydrogen-bond donors (Lipinski definition) is 1. The van der Waals surface area contributed by atoms with Gasteiger partial charge in [-0.25, -0.2) is 8.78 Å². The molecule has 3 rings (SSSR count). The number of ketones is 1. The summed E-state index contributed by atoms with van der Waals surface area (Å²) in [5.41, 5.74) is 2.54. The van der Waals surface area contributed by atoms with Crippen molar-refractivity contribution >= 4 is 34.3 Å². The lowest BCUT2D eigenvalue weighted by molar-refractivity contribution is -0.137. The van der Waals surface area contributed by atoms with Crippen LogP contribution in [0.3, 0.4) is 0 Å². The van der Waals surface area contributed by atoms with Crippen LogP contribution in [0.4, 0.5) is 8.78 Å². The third-order valence-corrected chi connectivity index (χ3v) is 6.72. The normalized spacial score (nSPS) is 16.0. The van der Waals surface area contributed by atoms with E-state index in [4.69, 9.17) is 16.7 Å². The van der Waals surface area contributed by atoms with Crippen molar-refractivity contribution in [3.63, 3.8) is 0 Å². The minimum atomic E-state index is -2.51. The number of carbonyl (C=O) groups excluding carboxylic acids is 1. The summed E-state index contributed by atoms with van der Waals surface area (Å²) in [4.78, 5) is 24.2. The molecule has 0 spiro atoms. The Balaban J connectivity index is 1.59. The summed E-state index contributed by atoms with van der Waals surface area (Å²) in [5.74, 6) is 2.12. The average molecular weight is 492 g/mol. The first-order valence-corrected chi connectivity index (χ1v) is 12.3. The Hall–Kier alpha value is -2.39. The van der Waals surface area contributed by atoms with E-state index in [0.717, 1.165) is 55.1 Å². The second kappa shape index (κ2) is 11.4. The molecule has 0 radical (unpaired) electrons. The van der Waals surface area contributed by atoms with Crippen molar-refractivity contribution in [2.45, 2.75) is 77.1 Å². The first-order valence-electron chi connectivity index (χ1n) is 12.0. The zero-order valence-corrected chi connectivity index (χ0v) is 20.6. The van der Waals surface area contributed by atoms with Crippen LogP contribution in [0, 0.1) is 23.7 Å². The van der Waals surface area contributed by atoms with E-state index in [0.29, 0.717) is 10.6 Å². The molecule has 0 amide bonds. The number of alkyl halides is 2. The SMILES string of the molecule is C[C@H](CC(=O)O)CC(=O)c1c(CCCCCCC#CC2CC(F)(F)C2)n(C)c2ccc(Cl)cc12. The number of benzene rings is 1. The quantitative estimate of drug-likeness (QED) is 0.208. The molecule has 0 aliphatic heterocycles. The molecule has 7 heteroatoms. The van der Waals surface area contributed by atoms with Crippen LogP contribution in [0.1, 0.15) is 80.8 Å². The van der Waals surface area contributed by atoms with Gasteiger partial charge >= 0.3 is 5.97 Å². The molecular formula is C27H32ClF2NO3. The fraction of sp³-hybridized carbons (Fsp3) is 0.556. The van der Waals surface area contributed by atoms with E-state index in [1.807, 2.05) is 23.7 Å². The van der Waals surface area contributed by atoms with E-state index in [9.17, 15) is 18.4 Å². The molecule has 1 heterocycles. The van der Waals surface area contributed by atoms with Gasteiger partial charge in [0.25, 0.3) is 5.92 Å². The molecule has 1 aromatic carbocycles. The lowest BCUT2D eigenvalue weighted by Crippen LogP contribution is -2.34. The van der Waals surface area contributed by atoms with Crippen molar-refractivity contribution in [3.05, 3.63) is 34.5 Å². The number of rotatable bonds is 11. The molecule has 1 fully saturated rings. The number of hydrogen-bond acceptors (Lipinski definition) is 2. The second-order valence-electron chi connectivity index (χ2n) is 9.57. The van der Waals surface area contributed by atoms with Gasteiger partial charge < -0.3 is 9.67 Å². The largest absolute Gasteiger partial charge is 0.481 e. The summed E-state index contributed by atoms with van der Waals surface area (Å²) in [6, 6.07) is 5.53. The first-order chi connectivity index (χ1) is 16.1. The van der Waals surface area contributed by atoms with Gasteiger partial charge in [-0.05, 0) is 43.4 Å². The van der Waals surface area contributed by atoms with Crippen LogP contribution in [0.15, 0.2) is 18.2 Å². The smallest absolute Gasteiger partial charge is 0.303 e. The highest BCUT2D eigenvalue weighted by Crippen LogP contribution is 2.41. The van der Waals surface area contributed by atoms with E-state index < -0.39 is 11.9 Å². The van der Waals surface area contributed by atoms with Crippen molar-refractivity contribution < 1.29 is 23.5 Å². The van der Waals surface area contributed by atoms with Crippen molar-refractivity contribution in [2.24, 2.45) is 18.9 Å². The summed E-state index contributed by atoms with van der Waals surface area (Å²) >= 11 is 6.22. The molecule has 0 unspecified atom stereocenters. The molecule has 1 N–H and O–H groups in total. The zero-order valence-electron chi connectivity index (χ0n) is 19.8. The molecule has 1 aliphatic rings. The Bertz CT molecular complexity index is 1100. The molecule has 1 aliphatic carbocycles. The van der Waals surface area contributed by atoms with Gasteiger partial charge in [-0.1, -0.05) is 37.3 Å². The molecule has 0 saturated heterocycles. The van der Waals surface area contributed by atoms with Gasteiger partial charge in [0, 0.05) is 72.3 Å². The molecule has 0 bridgehead atoms. The molecule has 184 valence electrons. The maximum atomic E-state index is 13.2. The third kappa shape index (κ3) is 6.82. The predicted molar refractivity (Wildman–Crippen MR) is 131 cm³/mol. The summed E-state index contributed by atoms with van der Waals surface area (Å²) < 4.78 is 27.7. The van der Waals surface area contributed by atoms with Crippen LogP contribution < -0.4 is 0 Å². The molecular weight excluding hydrogens is 460 g/mol. The maximum Gasteiger partial charge on any atom is 0.303 e. The summed E-state index contributed by atoms with van der Waals surface area (Å²) in [7, 11) is 1.95. The van der Waals surface area contributed by atoms with Crippen LogP contribution in [0.5, 0.6) is 0 Å². The number of aromatic nitrogens is 1. The van der Waals surface area contributed by atoms with Crippen LogP contribution in [0.25, 0.3) is 10.9 Å². The maximum absolute atomic E-state index is 13.2. The van der Waals surface area contributed by atoms with Crippen molar-refractivity contribution in [3.8, 4) is 11.8 Å². The lowest BCUT2D eigenvalue weighted by atomic mass is 9.82. The van der Waals surface area contributed by atoms with Crippen LogP contribution in [0.2, 0.25) is 5.02 Å². The van der Waals surface area contributed by atoms with E-state index in [1.165, 1.54) is 0 Å². The molecule has 1 saturated carbocycles. The van der Waals surface area contributed by atoms with Crippen LogP contribution >= 0.6 is 11.6 Å². The fourth-order valence-corrected chi connectivity index (χ4v) is 4.87. The number of aliphatic carboxylic acids is 1. The highest BCUT2D eigenvalue weighted by atomic mass is 35.5. The van der Waals surface area contributed by atoms with Gasteiger partial charge in [0.15, 0.2) is 5.78 Å². The topological polar surface area (TPSA) is 59.3 Å². The number of fused-ring (bicyclic) bond motifs is 1. The minimum Gasteiger partial charge on any atom is -0.481 e. The van der Waals surface area contributed by atoms with Gasteiger partial charge in [0.05, 0.1) is 0 Å². The van der Waals surface area contributed by atoms with Gasteiger partial charge in [-0.2, -0.15) is 0 Å². The van der Waals surface area contributed by atoms with E-state index in [2.05, 4.69) is 11.8 Å². The number of unbranched alkanes of at least 4 members (excludes halogenated alkanes) is 4. The van der Waals surface area contributed by atoms with Crippen LogP contribution in [-0.4, -0.2) is 27.3 Å². The number of carboxylic acids is 1. The van der Waals surface area contributed by atoms with Gasteiger partial charge in [-0.15, -0.1) is 5.92 Å². The van der Waals surface area contributed by atoms with E-state index in [-0.39, 0.29) is 43.3 Å². The highest BCUT2D eigenvalue weighted by molar-refractivity contribution is 6.31. The Morgan fingerprint density at radius 3 is 2.59 bits per heavy atom. The number of carboxylic acid groups (broad SMARTS) is 1. The van der Waals surface area contributed by atoms with Crippen LogP contribution in [-0.2, 0) is 18.3 Å². The Morgan fingerprint density at radius 2 is 1.91 bits per heavy atom. The molecule has 34 heavy (non-hydrogen) atoms. The standard InChI is InChI=1S/C27H32ClF2NO3/c1-18(14-25(33)34)13-24(32)26-21-15-20(28)11-12-22(21)31(2)23(26)10-8-6-4-3-5-7-9-19-16-27(29,30)17-19/h11-12,15,18-19H,3-6,8,10,13-14,16-17H2,1-2H3,(H,33,34)/t18-/m0/s1. The molecule has 4 nitrogen and oxygen atoms in total. The monoisotopic (exact) mass is 491 g/mol. The minimum absolute atomic E-state index is 0.0430. The first kappa shape index (κ1) is 26.2. The molecule has 1 atom stereocenters. The van der Waals surface area contributed by atoms with E-state index >= 15 is 0 Å². The Kier molecular flexibility index (Phi) is 8.76. The number of Topliss-reactive ketones (excluding diaryl/α,β-unsaturated/α-hetero) is 1.